The fraction of sp³-hybridized carbons (Fsp3) is 0.875. The molecule has 0 radical (unpaired) electrons. The van der Waals surface area contributed by atoms with Crippen molar-refractivity contribution in [3.8, 4) is 0 Å². The Hall–Kier alpha value is -1.22. The van der Waals surface area contributed by atoms with Gasteiger partial charge in [0.1, 0.15) is 0 Å². The number of carbonyl (C=O) groups excluding carboxylic acids is 2. The highest BCUT2D eigenvalue weighted by molar-refractivity contribution is 5.69. The summed E-state index contributed by atoms with van der Waals surface area (Å²) in [6.07, 6.45) is -2.69. The molecule has 2 atom stereocenters. The molecule has 3 N–H and O–H groups in total. The first-order valence-corrected chi connectivity index (χ1v) is 8.05. The Morgan fingerprint density at radius 3 is 1.08 bits per heavy atom. The van der Waals surface area contributed by atoms with Crippen molar-refractivity contribution in [3.63, 3.8) is 0 Å². The predicted octanol–water partition coefficient (Wildman–Crippen LogP) is -3.51. The molecule has 8 nitrogen and oxygen atoms in total. The van der Waals surface area contributed by atoms with E-state index in [9.17, 15) is 19.8 Å². The fourth-order valence-corrected chi connectivity index (χ4v) is 0.250. The highest BCUT2D eigenvalue weighted by Crippen LogP contribution is 1.83. The van der Waals surface area contributed by atoms with Crippen LogP contribution in [0.2, 0.25) is 0 Å². The number of carboxylic acids is 2. The van der Waals surface area contributed by atoms with E-state index < -0.39 is 24.1 Å². The molecule has 0 bridgehead atoms. The van der Waals surface area contributed by atoms with E-state index in [0.29, 0.717) is 0 Å². The fourth-order valence-electron chi connectivity index (χ4n) is 0.250. The van der Waals surface area contributed by atoms with Gasteiger partial charge >= 0.3 is 0 Å². The third-order valence-electron chi connectivity index (χ3n) is 2.84. The van der Waals surface area contributed by atoms with Crippen molar-refractivity contribution >= 4 is 11.9 Å². The molecule has 8 heteroatoms. The Labute approximate surface area is 146 Å². The van der Waals surface area contributed by atoms with Gasteiger partial charge in [0.05, 0.1) is 72.0 Å². The number of hydrogen-bond donors (Lipinski definition) is 3. The van der Waals surface area contributed by atoms with Crippen molar-refractivity contribution in [1.82, 2.24) is 0 Å². The number of quaternary nitrogens is 2. The van der Waals surface area contributed by atoms with Crippen molar-refractivity contribution in [1.29, 1.82) is 0 Å². The second-order valence-corrected chi connectivity index (χ2v) is 6.26. The van der Waals surface area contributed by atoms with Gasteiger partial charge in [0, 0.05) is 0 Å². The predicted molar refractivity (Wildman–Crippen MR) is 89.9 cm³/mol. The standard InChI is InChI=1S/C5H14N.C5H13N.2C3H6O3/c1-5-6(2,3)4;1-4-6(3)5-2;2*1-2(4)3(5)6/h5H2,1-4H3;4-5H2,1-3H3;2*2,4H,1H3,(H,5,6)/q+1;;;/p-1. The molecule has 0 amide bonds. The molecule has 0 aromatic carbocycles. The summed E-state index contributed by atoms with van der Waals surface area (Å²) in [5.74, 6) is -2.87. The van der Waals surface area contributed by atoms with E-state index in [1.165, 1.54) is 19.6 Å². The Morgan fingerprint density at radius 2 is 1.08 bits per heavy atom. The second-order valence-electron chi connectivity index (χ2n) is 6.26. The quantitative estimate of drug-likeness (QED) is 0.440. The summed E-state index contributed by atoms with van der Waals surface area (Å²) in [5, 5.41) is 34.6. The SMILES string of the molecule is CC(O)C(=O)[O-].CC(O)C(=O)[O-].CC[N+](C)(C)C.CC[NH+](C)CC. The van der Waals surface area contributed by atoms with Crippen molar-refractivity contribution in [2.24, 2.45) is 0 Å². The van der Waals surface area contributed by atoms with Crippen molar-refractivity contribution in [2.75, 3.05) is 47.8 Å². The molecule has 0 rings (SSSR count). The van der Waals surface area contributed by atoms with Crippen LogP contribution in [0.5, 0.6) is 0 Å². The minimum atomic E-state index is -1.44. The molecule has 148 valence electrons. The van der Waals surface area contributed by atoms with Crippen molar-refractivity contribution < 1.29 is 39.4 Å². The molecular weight excluding hydrogens is 316 g/mol. The maximum absolute atomic E-state index is 9.34. The highest BCUT2D eigenvalue weighted by Gasteiger charge is 1.97. The van der Waals surface area contributed by atoms with Gasteiger partial charge in [-0.05, 0) is 34.6 Å². The van der Waals surface area contributed by atoms with Gasteiger partial charge in [-0.1, -0.05) is 0 Å². The van der Waals surface area contributed by atoms with Crippen LogP contribution in [0.25, 0.3) is 0 Å². The van der Waals surface area contributed by atoms with Gasteiger partial charge in [-0.2, -0.15) is 0 Å². The smallest absolute Gasteiger partial charge is 0.0905 e. The molecule has 0 heterocycles. The summed E-state index contributed by atoms with van der Waals surface area (Å²) in [7, 11) is 8.74. The number of aliphatic hydroxyl groups is 2. The average Bonchev–Trinajstić information content (AvgIpc) is 2.47. The van der Waals surface area contributed by atoms with E-state index in [1.54, 1.807) is 4.90 Å². The van der Waals surface area contributed by atoms with E-state index in [0.717, 1.165) is 18.3 Å². The minimum absolute atomic E-state index is 1.07. The van der Waals surface area contributed by atoms with Crippen LogP contribution in [-0.4, -0.2) is 86.7 Å². The summed E-state index contributed by atoms with van der Waals surface area (Å²) >= 11 is 0. The maximum Gasteiger partial charge on any atom is 0.0905 e. The minimum Gasteiger partial charge on any atom is -0.547 e. The van der Waals surface area contributed by atoms with Crippen LogP contribution in [0.15, 0.2) is 0 Å². The normalized spacial score (nSPS) is 12.3. The third kappa shape index (κ3) is 42.8. The van der Waals surface area contributed by atoms with Crippen LogP contribution in [0.3, 0.4) is 0 Å². The molecule has 0 saturated carbocycles. The summed E-state index contributed by atoms with van der Waals surface area (Å²) in [4.78, 5) is 20.3. The van der Waals surface area contributed by atoms with Crippen LogP contribution in [0.4, 0.5) is 0 Å². The topological polar surface area (TPSA) is 125 Å². The molecule has 24 heavy (non-hydrogen) atoms. The molecule has 0 fully saturated rings. The number of hydrogen-bond acceptors (Lipinski definition) is 6. The molecule has 0 aliphatic carbocycles. The zero-order valence-electron chi connectivity index (χ0n) is 16.8. The van der Waals surface area contributed by atoms with Gasteiger partial charge in [0.15, 0.2) is 0 Å². The lowest BCUT2D eigenvalue weighted by molar-refractivity contribution is -0.875. The average molecular weight is 354 g/mol. The first-order valence-electron chi connectivity index (χ1n) is 8.05. The van der Waals surface area contributed by atoms with E-state index >= 15 is 0 Å². The van der Waals surface area contributed by atoms with Gasteiger partial charge in [-0.25, -0.2) is 0 Å². The van der Waals surface area contributed by atoms with Crippen LogP contribution in [0.1, 0.15) is 34.6 Å². The summed E-state index contributed by atoms with van der Waals surface area (Å²) in [6, 6.07) is 0. The second kappa shape index (κ2) is 18.1. The number of aliphatic carboxylic acids is 2. The number of nitrogens with one attached hydrogen (secondary N) is 1. The summed E-state index contributed by atoms with van der Waals surface area (Å²) < 4.78 is 1.07. The lowest BCUT2D eigenvalue weighted by Gasteiger charge is -2.20. The van der Waals surface area contributed by atoms with Gasteiger partial charge in [-0.15, -0.1) is 0 Å². The molecule has 0 aliphatic heterocycles. The van der Waals surface area contributed by atoms with Crippen LogP contribution in [0, 0.1) is 0 Å². The van der Waals surface area contributed by atoms with Crippen LogP contribution >= 0.6 is 0 Å². The number of nitrogens with zero attached hydrogens (tertiary/aromatic N) is 1. The lowest BCUT2D eigenvalue weighted by atomic mass is 10.4. The summed E-state index contributed by atoms with van der Waals surface area (Å²) in [5.41, 5.74) is 0. The zero-order chi connectivity index (χ0) is 20.5. The lowest BCUT2D eigenvalue weighted by Crippen LogP contribution is -3.08. The summed E-state index contributed by atoms with van der Waals surface area (Å²) in [6.45, 7) is 12.5. The largest absolute Gasteiger partial charge is 0.547 e. The Balaban J connectivity index is -0.000000111. The van der Waals surface area contributed by atoms with Gasteiger partial charge in [0.2, 0.25) is 0 Å². The molecule has 2 unspecified atom stereocenters. The van der Waals surface area contributed by atoms with Gasteiger partial charge in [-0.3, -0.25) is 0 Å². The number of rotatable bonds is 5. The van der Waals surface area contributed by atoms with Crippen molar-refractivity contribution in [3.05, 3.63) is 0 Å². The Morgan fingerprint density at radius 1 is 0.917 bits per heavy atom. The third-order valence-corrected chi connectivity index (χ3v) is 2.84. The first kappa shape index (κ1) is 30.6. The maximum atomic E-state index is 9.34. The van der Waals surface area contributed by atoms with Crippen LogP contribution in [-0.2, 0) is 9.59 Å². The molecule has 0 spiro atoms. The van der Waals surface area contributed by atoms with Crippen LogP contribution < -0.4 is 15.1 Å². The van der Waals surface area contributed by atoms with Gasteiger partial charge < -0.3 is 39.4 Å². The Kier molecular flexibility index (Phi) is 23.1. The van der Waals surface area contributed by atoms with E-state index in [2.05, 4.69) is 49.0 Å². The first-order chi connectivity index (χ1) is 10.7. The van der Waals surface area contributed by atoms with Crippen molar-refractivity contribution in [2.45, 2.75) is 46.8 Å². The molecule has 0 saturated heterocycles. The molecule has 0 aromatic rings. The Bertz CT molecular complexity index is 279. The molecule has 0 aliphatic rings. The van der Waals surface area contributed by atoms with E-state index in [1.807, 2.05) is 0 Å². The van der Waals surface area contributed by atoms with E-state index in [4.69, 9.17) is 10.2 Å². The monoisotopic (exact) mass is 354 g/mol. The molecular formula is C16H38N2O6. The number of carboxylic acid groups (broad SMARTS) is 2. The molecule has 0 aromatic heterocycles. The highest BCUT2D eigenvalue weighted by atomic mass is 16.4. The zero-order valence-corrected chi connectivity index (χ0v) is 16.8. The van der Waals surface area contributed by atoms with E-state index in [-0.39, 0.29) is 0 Å². The number of carbonyl (C=O) groups is 2. The van der Waals surface area contributed by atoms with Gasteiger partial charge in [0.25, 0.3) is 0 Å². The number of aliphatic hydroxyl groups excluding tert-OH is 2.